The molecule has 1 nitrogen and oxygen atoms in total. The first-order valence-corrected chi connectivity index (χ1v) is 7.12. The summed E-state index contributed by atoms with van der Waals surface area (Å²) in [5, 5.41) is 0.140. The van der Waals surface area contributed by atoms with Crippen molar-refractivity contribution in [3.05, 3.63) is 64.4 Å². The van der Waals surface area contributed by atoms with Gasteiger partial charge < -0.3 is 4.74 Å². The highest BCUT2D eigenvalue weighted by Crippen LogP contribution is 2.32. The monoisotopic (exact) mass is 342 g/mol. The van der Waals surface area contributed by atoms with Crippen molar-refractivity contribution >= 4 is 27.5 Å². The molecule has 0 saturated carbocycles. The van der Waals surface area contributed by atoms with Gasteiger partial charge in [0.2, 0.25) is 0 Å². The lowest BCUT2D eigenvalue weighted by atomic mass is 10.0. The normalized spacial score (nSPS) is 12.2. The highest BCUT2D eigenvalue weighted by atomic mass is 79.9. The predicted octanol–water partition coefficient (Wildman–Crippen LogP) is 5.17. The van der Waals surface area contributed by atoms with Gasteiger partial charge in [0.15, 0.2) is 0 Å². The largest absolute Gasteiger partial charge is 0.496 e. The van der Waals surface area contributed by atoms with Crippen LogP contribution in [0.5, 0.6) is 5.75 Å². The van der Waals surface area contributed by atoms with Gasteiger partial charge in [0, 0.05) is 4.83 Å². The third kappa shape index (κ3) is 3.48. The molecule has 0 N–H and O–H groups in total. The minimum absolute atomic E-state index is 0.00978. The van der Waals surface area contributed by atoms with E-state index in [1.165, 1.54) is 6.07 Å². The first-order valence-electron chi connectivity index (χ1n) is 5.82. The molecule has 100 valence electrons. The van der Waals surface area contributed by atoms with Crippen LogP contribution in [0.1, 0.15) is 16.0 Å². The molecule has 19 heavy (non-hydrogen) atoms. The summed E-state index contributed by atoms with van der Waals surface area (Å²) >= 11 is 9.26. The Kier molecular flexibility index (Phi) is 4.83. The van der Waals surface area contributed by atoms with Crippen LogP contribution >= 0.6 is 27.5 Å². The van der Waals surface area contributed by atoms with Gasteiger partial charge in [-0.05, 0) is 35.7 Å². The Morgan fingerprint density at radius 1 is 1.26 bits per heavy atom. The molecule has 0 fully saturated rings. The standard InChI is InChI=1S/C15H13BrClFO/c1-19-15-5-3-2-4-11(15)8-12(16)10-6-7-13(17)14(18)9-10/h2-7,9,12H,8H2,1H3. The van der Waals surface area contributed by atoms with Crippen molar-refractivity contribution in [3.8, 4) is 5.75 Å². The van der Waals surface area contributed by atoms with Crippen LogP contribution < -0.4 is 4.74 Å². The molecule has 0 aliphatic rings. The Bertz CT molecular complexity index is 574. The van der Waals surface area contributed by atoms with Crippen molar-refractivity contribution in [2.24, 2.45) is 0 Å². The second kappa shape index (κ2) is 6.40. The van der Waals surface area contributed by atoms with Gasteiger partial charge in [0.1, 0.15) is 11.6 Å². The molecule has 0 radical (unpaired) electrons. The molecule has 1 unspecified atom stereocenters. The van der Waals surface area contributed by atoms with Gasteiger partial charge in [-0.2, -0.15) is 0 Å². The zero-order valence-electron chi connectivity index (χ0n) is 10.4. The number of rotatable bonds is 4. The molecule has 0 bridgehead atoms. The Hall–Kier alpha value is -1.06. The molecule has 0 aliphatic carbocycles. The zero-order valence-corrected chi connectivity index (χ0v) is 12.7. The van der Waals surface area contributed by atoms with Gasteiger partial charge >= 0.3 is 0 Å². The predicted molar refractivity (Wildman–Crippen MR) is 79.8 cm³/mol. The molecule has 2 aromatic rings. The number of hydrogen-bond acceptors (Lipinski definition) is 1. The molecule has 0 aliphatic heterocycles. The maximum atomic E-state index is 13.4. The van der Waals surface area contributed by atoms with E-state index < -0.39 is 5.82 Å². The van der Waals surface area contributed by atoms with Crippen molar-refractivity contribution in [3.63, 3.8) is 0 Å². The average Bonchev–Trinajstić information content (AvgIpc) is 2.42. The highest BCUT2D eigenvalue weighted by molar-refractivity contribution is 9.09. The number of halogens is 3. The summed E-state index contributed by atoms with van der Waals surface area (Å²) < 4.78 is 18.8. The Labute approximate surface area is 125 Å². The highest BCUT2D eigenvalue weighted by Gasteiger charge is 2.13. The summed E-state index contributed by atoms with van der Waals surface area (Å²) in [5.41, 5.74) is 1.93. The van der Waals surface area contributed by atoms with Crippen molar-refractivity contribution in [1.82, 2.24) is 0 Å². The number of benzene rings is 2. The Morgan fingerprint density at radius 2 is 2.00 bits per heavy atom. The van der Waals surface area contributed by atoms with E-state index >= 15 is 0 Å². The summed E-state index contributed by atoms with van der Waals surface area (Å²) in [4.78, 5) is 0.00978. The quantitative estimate of drug-likeness (QED) is 0.696. The summed E-state index contributed by atoms with van der Waals surface area (Å²) in [6, 6.07) is 12.6. The van der Waals surface area contributed by atoms with E-state index in [1.807, 2.05) is 30.3 Å². The van der Waals surface area contributed by atoms with E-state index in [0.717, 1.165) is 16.9 Å². The third-order valence-electron chi connectivity index (χ3n) is 2.90. The minimum atomic E-state index is -0.399. The number of ether oxygens (including phenoxy) is 1. The average molecular weight is 344 g/mol. The van der Waals surface area contributed by atoms with Gasteiger partial charge in [0.05, 0.1) is 12.1 Å². The van der Waals surface area contributed by atoms with Crippen LogP contribution in [0.15, 0.2) is 42.5 Å². The first kappa shape index (κ1) is 14.4. The van der Waals surface area contributed by atoms with Crippen molar-refractivity contribution < 1.29 is 9.13 Å². The lowest BCUT2D eigenvalue weighted by molar-refractivity contribution is 0.409. The summed E-state index contributed by atoms with van der Waals surface area (Å²) in [7, 11) is 1.64. The molecule has 4 heteroatoms. The Morgan fingerprint density at radius 3 is 2.68 bits per heavy atom. The fraction of sp³-hybridized carbons (Fsp3) is 0.200. The third-order valence-corrected chi connectivity index (χ3v) is 4.06. The summed E-state index contributed by atoms with van der Waals surface area (Å²) in [6.07, 6.45) is 0.713. The molecule has 0 heterocycles. The number of hydrogen-bond donors (Lipinski definition) is 0. The van der Waals surface area contributed by atoms with Crippen LogP contribution in [0, 0.1) is 5.82 Å². The van der Waals surface area contributed by atoms with E-state index in [9.17, 15) is 4.39 Å². The van der Waals surface area contributed by atoms with Gasteiger partial charge in [-0.15, -0.1) is 0 Å². The molecule has 0 spiro atoms. The lowest BCUT2D eigenvalue weighted by Crippen LogP contribution is -1.99. The van der Waals surface area contributed by atoms with Gasteiger partial charge in [0.25, 0.3) is 0 Å². The van der Waals surface area contributed by atoms with Crippen LogP contribution in [0.2, 0.25) is 5.02 Å². The van der Waals surface area contributed by atoms with Crippen molar-refractivity contribution in [1.29, 1.82) is 0 Å². The van der Waals surface area contributed by atoms with Gasteiger partial charge in [-0.25, -0.2) is 4.39 Å². The van der Waals surface area contributed by atoms with Crippen LogP contribution in [0.4, 0.5) is 4.39 Å². The van der Waals surface area contributed by atoms with Crippen LogP contribution in [0.3, 0.4) is 0 Å². The first-order chi connectivity index (χ1) is 9.11. The van der Waals surface area contributed by atoms with E-state index in [-0.39, 0.29) is 9.85 Å². The van der Waals surface area contributed by atoms with Crippen LogP contribution in [-0.4, -0.2) is 7.11 Å². The van der Waals surface area contributed by atoms with Gasteiger partial charge in [-0.1, -0.05) is 51.8 Å². The molecule has 2 rings (SSSR count). The van der Waals surface area contributed by atoms with Crippen LogP contribution in [0.25, 0.3) is 0 Å². The van der Waals surface area contributed by atoms with E-state index in [4.69, 9.17) is 16.3 Å². The van der Waals surface area contributed by atoms with Crippen LogP contribution in [-0.2, 0) is 6.42 Å². The molecular formula is C15H13BrClFO. The zero-order chi connectivity index (χ0) is 13.8. The van der Waals surface area contributed by atoms with E-state index in [2.05, 4.69) is 15.9 Å². The molecule has 0 amide bonds. The lowest BCUT2D eigenvalue weighted by Gasteiger charge is -2.13. The van der Waals surface area contributed by atoms with E-state index in [0.29, 0.717) is 6.42 Å². The number of methoxy groups -OCH3 is 1. The van der Waals surface area contributed by atoms with E-state index in [1.54, 1.807) is 13.2 Å². The fourth-order valence-corrected chi connectivity index (χ4v) is 2.64. The SMILES string of the molecule is COc1ccccc1CC(Br)c1ccc(Cl)c(F)c1. The number of alkyl halides is 1. The second-order valence-corrected chi connectivity index (χ2v) is 5.67. The summed E-state index contributed by atoms with van der Waals surface area (Å²) in [6.45, 7) is 0. The fourth-order valence-electron chi connectivity index (χ4n) is 1.89. The number of para-hydroxylation sites is 1. The maximum absolute atomic E-state index is 13.4. The second-order valence-electron chi connectivity index (χ2n) is 4.16. The maximum Gasteiger partial charge on any atom is 0.142 e. The summed E-state index contributed by atoms with van der Waals surface area (Å²) in [5.74, 6) is 0.435. The molecule has 2 aromatic carbocycles. The molecular weight excluding hydrogens is 331 g/mol. The Balaban J connectivity index is 2.20. The molecule has 0 aromatic heterocycles. The van der Waals surface area contributed by atoms with Crippen molar-refractivity contribution in [2.75, 3.05) is 7.11 Å². The van der Waals surface area contributed by atoms with Gasteiger partial charge in [-0.3, -0.25) is 0 Å². The minimum Gasteiger partial charge on any atom is -0.496 e. The topological polar surface area (TPSA) is 9.23 Å². The molecule has 0 saturated heterocycles. The van der Waals surface area contributed by atoms with Crippen molar-refractivity contribution in [2.45, 2.75) is 11.2 Å². The molecule has 1 atom stereocenters. The smallest absolute Gasteiger partial charge is 0.142 e.